The van der Waals surface area contributed by atoms with E-state index >= 15 is 0 Å². The standard InChI is InChI=1S/C21H21N3O3/c1-15-3-7-17(8-4-15)27-18-9-5-16(6-10-18)11-12-23-20-14-22-13-19(24-20)21(25)26-2/h3-10,13-14H,11-12H2,1-2H3,(H,23,24). The molecule has 0 saturated heterocycles. The summed E-state index contributed by atoms with van der Waals surface area (Å²) in [5.41, 5.74) is 2.54. The molecule has 0 aliphatic rings. The molecule has 27 heavy (non-hydrogen) atoms. The first kappa shape index (κ1) is 18.4. The van der Waals surface area contributed by atoms with Crippen molar-refractivity contribution >= 4 is 11.8 Å². The van der Waals surface area contributed by atoms with Gasteiger partial charge in [0.1, 0.15) is 17.3 Å². The molecular weight excluding hydrogens is 342 g/mol. The SMILES string of the molecule is COC(=O)c1cncc(NCCc2ccc(Oc3ccc(C)cc3)cc2)n1. The van der Waals surface area contributed by atoms with Crippen molar-refractivity contribution in [2.24, 2.45) is 0 Å². The van der Waals surface area contributed by atoms with Crippen molar-refractivity contribution in [2.45, 2.75) is 13.3 Å². The van der Waals surface area contributed by atoms with Crippen LogP contribution < -0.4 is 10.1 Å². The second-order valence-electron chi connectivity index (χ2n) is 6.02. The molecule has 0 bridgehead atoms. The highest BCUT2D eigenvalue weighted by molar-refractivity contribution is 5.87. The molecule has 0 aliphatic heterocycles. The van der Waals surface area contributed by atoms with E-state index in [4.69, 9.17) is 4.74 Å². The van der Waals surface area contributed by atoms with Crippen LogP contribution in [0.25, 0.3) is 0 Å². The maximum Gasteiger partial charge on any atom is 0.358 e. The summed E-state index contributed by atoms with van der Waals surface area (Å²) in [6.45, 7) is 2.71. The Morgan fingerprint density at radius 3 is 2.33 bits per heavy atom. The van der Waals surface area contributed by atoms with E-state index in [0.717, 1.165) is 23.5 Å². The molecule has 0 aliphatic carbocycles. The number of aromatic nitrogens is 2. The van der Waals surface area contributed by atoms with E-state index in [1.807, 2.05) is 55.5 Å². The van der Waals surface area contributed by atoms with Crippen molar-refractivity contribution in [3.8, 4) is 11.5 Å². The molecule has 0 saturated carbocycles. The largest absolute Gasteiger partial charge is 0.464 e. The van der Waals surface area contributed by atoms with Gasteiger partial charge in [0.25, 0.3) is 0 Å². The van der Waals surface area contributed by atoms with Gasteiger partial charge in [-0.2, -0.15) is 0 Å². The summed E-state index contributed by atoms with van der Waals surface area (Å²) in [6, 6.07) is 15.9. The summed E-state index contributed by atoms with van der Waals surface area (Å²) in [7, 11) is 1.32. The van der Waals surface area contributed by atoms with Crippen LogP contribution in [-0.2, 0) is 11.2 Å². The maximum atomic E-state index is 11.5. The van der Waals surface area contributed by atoms with Gasteiger partial charge in [-0.25, -0.2) is 9.78 Å². The number of nitrogens with one attached hydrogen (secondary N) is 1. The van der Waals surface area contributed by atoms with Crippen molar-refractivity contribution in [3.05, 3.63) is 77.7 Å². The zero-order valence-corrected chi connectivity index (χ0v) is 15.3. The number of rotatable bonds is 7. The number of nitrogens with zero attached hydrogens (tertiary/aromatic N) is 2. The van der Waals surface area contributed by atoms with Crippen molar-refractivity contribution in [1.29, 1.82) is 0 Å². The highest BCUT2D eigenvalue weighted by Gasteiger charge is 2.08. The second-order valence-corrected chi connectivity index (χ2v) is 6.02. The predicted molar refractivity (Wildman–Crippen MR) is 103 cm³/mol. The molecule has 1 N–H and O–H groups in total. The lowest BCUT2D eigenvalue weighted by Crippen LogP contribution is -2.10. The minimum absolute atomic E-state index is 0.181. The van der Waals surface area contributed by atoms with E-state index in [0.29, 0.717) is 12.4 Å². The normalized spacial score (nSPS) is 10.3. The van der Waals surface area contributed by atoms with Gasteiger partial charge in [0.15, 0.2) is 5.69 Å². The molecule has 0 atom stereocenters. The van der Waals surface area contributed by atoms with Crippen molar-refractivity contribution in [3.63, 3.8) is 0 Å². The fourth-order valence-corrected chi connectivity index (χ4v) is 2.46. The molecule has 3 aromatic rings. The minimum Gasteiger partial charge on any atom is -0.464 e. The summed E-state index contributed by atoms with van der Waals surface area (Å²) in [5.74, 6) is 1.65. The third kappa shape index (κ3) is 5.28. The van der Waals surface area contributed by atoms with Crippen LogP contribution in [0, 0.1) is 6.92 Å². The topological polar surface area (TPSA) is 73.3 Å². The van der Waals surface area contributed by atoms with Gasteiger partial charge < -0.3 is 14.8 Å². The number of hydrogen-bond acceptors (Lipinski definition) is 6. The van der Waals surface area contributed by atoms with Crippen LogP contribution in [0.2, 0.25) is 0 Å². The first-order valence-corrected chi connectivity index (χ1v) is 8.62. The Morgan fingerprint density at radius 1 is 1.00 bits per heavy atom. The van der Waals surface area contributed by atoms with Gasteiger partial charge in [0, 0.05) is 6.54 Å². The molecule has 1 heterocycles. The van der Waals surface area contributed by atoms with Gasteiger partial charge in [0.2, 0.25) is 0 Å². The molecule has 6 nitrogen and oxygen atoms in total. The Balaban J connectivity index is 1.51. The third-order valence-electron chi connectivity index (χ3n) is 3.93. The summed E-state index contributed by atoms with van der Waals surface area (Å²) in [4.78, 5) is 19.6. The van der Waals surface area contributed by atoms with E-state index in [1.165, 1.54) is 18.9 Å². The molecule has 0 fully saturated rings. The van der Waals surface area contributed by atoms with E-state index in [-0.39, 0.29) is 5.69 Å². The first-order chi connectivity index (χ1) is 13.1. The third-order valence-corrected chi connectivity index (χ3v) is 3.93. The fraction of sp³-hybridized carbons (Fsp3) is 0.190. The maximum absolute atomic E-state index is 11.5. The molecular formula is C21H21N3O3. The van der Waals surface area contributed by atoms with Crippen LogP contribution in [0.4, 0.5) is 5.82 Å². The summed E-state index contributed by atoms with van der Waals surface area (Å²) in [6.07, 6.45) is 3.75. The Labute approximate surface area is 158 Å². The smallest absolute Gasteiger partial charge is 0.358 e. The van der Waals surface area contributed by atoms with Gasteiger partial charge in [-0.15, -0.1) is 0 Å². The molecule has 2 aromatic carbocycles. The lowest BCUT2D eigenvalue weighted by molar-refractivity contribution is 0.0593. The quantitative estimate of drug-likeness (QED) is 0.639. The molecule has 0 unspecified atom stereocenters. The number of anilines is 1. The number of ether oxygens (including phenoxy) is 2. The Bertz CT molecular complexity index is 893. The average Bonchev–Trinajstić information content (AvgIpc) is 2.70. The molecule has 0 spiro atoms. The number of hydrogen-bond donors (Lipinski definition) is 1. The molecule has 0 radical (unpaired) electrons. The second kappa shape index (κ2) is 8.80. The van der Waals surface area contributed by atoms with Gasteiger partial charge >= 0.3 is 5.97 Å². The van der Waals surface area contributed by atoms with Crippen LogP contribution >= 0.6 is 0 Å². The molecule has 138 valence electrons. The van der Waals surface area contributed by atoms with Crippen molar-refractivity contribution < 1.29 is 14.3 Å². The highest BCUT2D eigenvalue weighted by Crippen LogP contribution is 2.22. The van der Waals surface area contributed by atoms with Crippen molar-refractivity contribution in [2.75, 3.05) is 19.0 Å². The lowest BCUT2D eigenvalue weighted by atomic mass is 10.1. The zero-order chi connectivity index (χ0) is 19.1. The lowest BCUT2D eigenvalue weighted by Gasteiger charge is -2.08. The molecule has 1 aromatic heterocycles. The van der Waals surface area contributed by atoms with E-state index in [1.54, 1.807) is 6.20 Å². The molecule has 0 amide bonds. The number of aryl methyl sites for hydroxylation is 1. The Morgan fingerprint density at radius 2 is 1.67 bits per heavy atom. The monoisotopic (exact) mass is 363 g/mol. The summed E-state index contributed by atoms with van der Waals surface area (Å²) < 4.78 is 10.5. The predicted octanol–water partition coefficient (Wildman–Crippen LogP) is 4.02. The number of carbonyl (C=O) groups is 1. The molecule has 6 heteroatoms. The highest BCUT2D eigenvalue weighted by atomic mass is 16.5. The molecule has 3 rings (SSSR count). The van der Waals surface area contributed by atoms with Crippen LogP contribution in [0.5, 0.6) is 11.5 Å². The number of methoxy groups -OCH3 is 1. The van der Waals surface area contributed by atoms with E-state index in [2.05, 4.69) is 20.0 Å². The van der Waals surface area contributed by atoms with Crippen LogP contribution in [0.3, 0.4) is 0 Å². The Hall–Kier alpha value is -3.41. The fourth-order valence-electron chi connectivity index (χ4n) is 2.46. The number of carbonyl (C=O) groups excluding carboxylic acids is 1. The minimum atomic E-state index is -0.504. The Kier molecular flexibility index (Phi) is 5.99. The van der Waals surface area contributed by atoms with Gasteiger partial charge in [-0.1, -0.05) is 29.8 Å². The first-order valence-electron chi connectivity index (χ1n) is 8.62. The van der Waals surface area contributed by atoms with E-state index < -0.39 is 5.97 Å². The average molecular weight is 363 g/mol. The summed E-state index contributed by atoms with van der Waals surface area (Å²) >= 11 is 0. The number of esters is 1. The van der Waals surface area contributed by atoms with Gasteiger partial charge in [0.05, 0.1) is 19.5 Å². The van der Waals surface area contributed by atoms with E-state index in [9.17, 15) is 4.79 Å². The number of benzene rings is 2. The van der Waals surface area contributed by atoms with Crippen LogP contribution in [0.1, 0.15) is 21.6 Å². The zero-order valence-electron chi connectivity index (χ0n) is 15.3. The van der Waals surface area contributed by atoms with Crippen molar-refractivity contribution in [1.82, 2.24) is 9.97 Å². The van der Waals surface area contributed by atoms with Crippen LogP contribution in [0.15, 0.2) is 60.9 Å². The summed E-state index contributed by atoms with van der Waals surface area (Å²) in [5, 5.41) is 3.16. The van der Waals surface area contributed by atoms with Crippen LogP contribution in [-0.4, -0.2) is 29.6 Å². The van der Waals surface area contributed by atoms with Gasteiger partial charge in [-0.3, -0.25) is 4.98 Å². The van der Waals surface area contributed by atoms with Gasteiger partial charge in [-0.05, 0) is 43.2 Å².